The molecule has 0 saturated carbocycles. The second-order valence-electron chi connectivity index (χ2n) is 6.08. The summed E-state index contributed by atoms with van der Waals surface area (Å²) in [6.45, 7) is 2.82. The lowest BCUT2D eigenvalue weighted by molar-refractivity contribution is 0.601. The number of hydrogen-bond acceptors (Lipinski definition) is 3. The highest BCUT2D eigenvalue weighted by molar-refractivity contribution is 7.18. The van der Waals surface area contributed by atoms with Crippen LogP contribution in [0.3, 0.4) is 0 Å². The molecule has 0 spiro atoms. The van der Waals surface area contributed by atoms with E-state index in [9.17, 15) is 4.79 Å². The maximum absolute atomic E-state index is 12.9. The van der Waals surface area contributed by atoms with Gasteiger partial charge in [-0.2, -0.15) is 0 Å². The molecular weight excluding hydrogens is 292 g/mol. The highest BCUT2D eigenvalue weighted by Gasteiger charge is 2.24. The van der Waals surface area contributed by atoms with Crippen LogP contribution < -0.4 is 5.56 Å². The van der Waals surface area contributed by atoms with Gasteiger partial charge in [0.2, 0.25) is 0 Å². The smallest absolute Gasteiger partial charge is 0.262 e. The Bertz CT molecular complexity index is 879. The quantitative estimate of drug-likeness (QED) is 0.718. The molecule has 2 heterocycles. The molecule has 0 radical (unpaired) electrons. The largest absolute Gasteiger partial charge is 0.294 e. The van der Waals surface area contributed by atoms with Gasteiger partial charge in [0.1, 0.15) is 4.83 Å². The van der Waals surface area contributed by atoms with E-state index < -0.39 is 0 Å². The van der Waals surface area contributed by atoms with E-state index in [0.29, 0.717) is 12.5 Å². The van der Waals surface area contributed by atoms with Crippen LogP contribution in [0.5, 0.6) is 0 Å². The van der Waals surface area contributed by atoms with Crippen molar-refractivity contribution in [3.05, 3.63) is 63.0 Å². The highest BCUT2D eigenvalue weighted by atomic mass is 32.1. The predicted molar refractivity (Wildman–Crippen MR) is 90.8 cm³/mol. The van der Waals surface area contributed by atoms with E-state index in [-0.39, 0.29) is 5.56 Å². The lowest BCUT2D eigenvalue weighted by Gasteiger charge is -2.18. The lowest BCUT2D eigenvalue weighted by Crippen LogP contribution is -2.22. The van der Waals surface area contributed by atoms with Gasteiger partial charge in [0.15, 0.2) is 0 Å². The van der Waals surface area contributed by atoms with E-state index in [4.69, 9.17) is 0 Å². The Balaban J connectivity index is 1.87. The highest BCUT2D eigenvalue weighted by Crippen LogP contribution is 2.39. The fourth-order valence-electron chi connectivity index (χ4n) is 3.41. The molecule has 2 aromatic heterocycles. The van der Waals surface area contributed by atoms with Crippen molar-refractivity contribution in [2.45, 2.75) is 38.6 Å². The molecule has 0 fully saturated rings. The van der Waals surface area contributed by atoms with Gasteiger partial charge in [-0.1, -0.05) is 37.3 Å². The van der Waals surface area contributed by atoms with Gasteiger partial charge >= 0.3 is 0 Å². The third-order valence-corrected chi connectivity index (χ3v) is 5.70. The third-order valence-electron chi connectivity index (χ3n) is 4.52. The lowest BCUT2D eigenvalue weighted by atomic mass is 9.88. The van der Waals surface area contributed by atoms with Crippen molar-refractivity contribution in [2.75, 3.05) is 0 Å². The van der Waals surface area contributed by atoms with Gasteiger partial charge in [-0.25, -0.2) is 4.98 Å². The van der Waals surface area contributed by atoms with Gasteiger partial charge in [0, 0.05) is 4.88 Å². The van der Waals surface area contributed by atoms with Crippen molar-refractivity contribution in [3.63, 3.8) is 0 Å². The maximum atomic E-state index is 12.9. The standard InChI is InChI=1S/C18H18N2OS/c1-12-6-5-9-14-15(12)16-17(22-14)19-11-20(18(16)21)10-13-7-3-2-4-8-13/h2-4,7-8,11-12H,5-6,9-10H2,1H3. The molecule has 3 aromatic rings. The van der Waals surface area contributed by atoms with Crippen LogP contribution in [-0.4, -0.2) is 9.55 Å². The minimum absolute atomic E-state index is 0.111. The third kappa shape index (κ3) is 2.18. The first-order valence-corrected chi connectivity index (χ1v) is 8.60. The molecule has 1 aliphatic carbocycles. The number of nitrogens with zero attached hydrogens (tertiary/aromatic N) is 2. The number of fused-ring (bicyclic) bond motifs is 3. The van der Waals surface area contributed by atoms with Crippen LogP contribution in [-0.2, 0) is 13.0 Å². The van der Waals surface area contributed by atoms with E-state index in [1.54, 1.807) is 22.2 Å². The molecule has 0 amide bonds. The van der Waals surface area contributed by atoms with Crippen LogP contribution in [0, 0.1) is 0 Å². The monoisotopic (exact) mass is 310 g/mol. The Morgan fingerprint density at radius 2 is 2.14 bits per heavy atom. The number of aryl methyl sites for hydroxylation is 1. The summed E-state index contributed by atoms with van der Waals surface area (Å²) in [5.74, 6) is 0.472. The topological polar surface area (TPSA) is 34.9 Å². The number of benzene rings is 1. The number of thiophene rings is 1. The Labute approximate surface area is 133 Å². The zero-order valence-electron chi connectivity index (χ0n) is 12.6. The molecule has 3 nitrogen and oxygen atoms in total. The van der Waals surface area contributed by atoms with Gasteiger partial charge in [-0.05, 0) is 36.3 Å². The van der Waals surface area contributed by atoms with E-state index >= 15 is 0 Å². The van der Waals surface area contributed by atoms with Crippen molar-refractivity contribution >= 4 is 21.6 Å². The second-order valence-corrected chi connectivity index (χ2v) is 7.16. The molecule has 1 atom stereocenters. The van der Waals surface area contributed by atoms with Crippen molar-refractivity contribution in [1.29, 1.82) is 0 Å². The normalized spacial score (nSPS) is 17.6. The molecular formula is C18H18N2OS. The Morgan fingerprint density at radius 1 is 1.32 bits per heavy atom. The molecule has 1 aromatic carbocycles. The van der Waals surface area contributed by atoms with Crippen LogP contribution in [0.4, 0.5) is 0 Å². The van der Waals surface area contributed by atoms with Crippen LogP contribution in [0.2, 0.25) is 0 Å². The molecule has 0 bridgehead atoms. The average molecular weight is 310 g/mol. The van der Waals surface area contributed by atoms with Crippen molar-refractivity contribution in [3.8, 4) is 0 Å². The van der Waals surface area contributed by atoms with E-state index in [0.717, 1.165) is 22.2 Å². The number of hydrogen-bond donors (Lipinski definition) is 0. The molecule has 0 saturated heterocycles. The van der Waals surface area contributed by atoms with Crippen LogP contribution in [0.15, 0.2) is 41.5 Å². The van der Waals surface area contributed by atoms with E-state index in [1.165, 1.54) is 23.3 Å². The van der Waals surface area contributed by atoms with E-state index in [2.05, 4.69) is 11.9 Å². The maximum Gasteiger partial charge on any atom is 0.262 e. The summed E-state index contributed by atoms with van der Waals surface area (Å²) >= 11 is 1.71. The predicted octanol–water partition coefficient (Wildman–Crippen LogP) is 3.95. The molecule has 4 heteroatoms. The first-order chi connectivity index (χ1) is 10.7. The Morgan fingerprint density at radius 3 is 2.95 bits per heavy atom. The van der Waals surface area contributed by atoms with Crippen molar-refractivity contribution in [2.24, 2.45) is 0 Å². The molecule has 0 aliphatic heterocycles. The Kier molecular flexibility index (Phi) is 3.34. The zero-order chi connectivity index (χ0) is 15.1. The summed E-state index contributed by atoms with van der Waals surface area (Å²) in [5, 5.41) is 0.866. The Hall–Kier alpha value is -1.94. The molecule has 0 N–H and O–H groups in total. The first-order valence-electron chi connectivity index (χ1n) is 7.78. The minimum atomic E-state index is 0.111. The SMILES string of the molecule is CC1CCCc2sc3ncn(Cc4ccccc4)c(=O)c3c21. The summed E-state index contributed by atoms with van der Waals surface area (Å²) in [6.07, 6.45) is 5.19. The van der Waals surface area contributed by atoms with Crippen LogP contribution >= 0.6 is 11.3 Å². The van der Waals surface area contributed by atoms with Gasteiger partial charge in [-0.15, -0.1) is 11.3 Å². The van der Waals surface area contributed by atoms with Gasteiger partial charge < -0.3 is 0 Å². The van der Waals surface area contributed by atoms with Gasteiger partial charge in [0.25, 0.3) is 5.56 Å². The summed E-state index contributed by atoms with van der Waals surface area (Å²) < 4.78 is 1.74. The van der Waals surface area contributed by atoms with Crippen LogP contribution in [0.25, 0.3) is 10.2 Å². The molecule has 1 aliphatic rings. The second kappa shape index (κ2) is 5.36. The molecule has 4 rings (SSSR count). The van der Waals surface area contributed by atoms with Crippen molar-refractivity contribution < 1.29 is 0 Å². The van der Waals surface area contributed by atoms with E-state index in [1.807, 2.05) is 30.3 Å². The number of aromatic nitrogens is 2. The summed E-state index contributed by atoms with van der Waals surface area (Å²) in [6, 6.07) is 10.1. The van der Waals surface area contributed by atoms with Crippen molar-refractivity contribution in [1.82, 2.24) is 9.55 Å². The minimum Gasteiger partial charge on any atom is -0.294 e. The van der Waals surface area contributed by atoms with Gasteiger partial charge in [0.05, 0.1) is 18.3 Å². The first kappa shape index (κ1) is 13.7. The average Bonchev–Trinajstić information content (AvgIpc) is 2.92. The zero-order valence-corrected chi connectivity index (χ0v) is 13.4. The van der Waals surface area contributed by atoms with Gasteiger partial charge in [-0.3, -0.25) is 9.36 Å². The molecule has 22 heavy (non-hydrogen) atoms. The fourth-order valence-corrected chi connectivity index (χ4v) is 4.70. The fraction of sp³-hybridized carbons (Fsp3) is 0.333. The van der Waals surface area contributed by atoms with Crippen LogP contribution in [0.1, 0.15) is 41.7 Å². The summed E-state index contributed by atoms with van der Waals surface area (Å²) in [7, 11) is 0. The summed E-state index contributed by atoms with van der Waals surface area (Å²) in [4.78, 5) is 19.8. The summed E-state index contributed by atoms with van der Waals surface area (Å²) in [5.41, 5.74) is 2.51. The molecule has 112 valence electrons. The number of rotatable bonds is 2. The molecule has 1 unspecified atom stereocenters.